The monoisotopic (exact) mass is 252 g/mol. The maximum atomic E-state index is 11.8. The molecule has 2 atom stereocenters. The number of aliphatic hydroxyl groups excluding tert-OH is 1. The van der Waals surface area contributed by atoms with E-state index in [1.165, 1.54) is 0 Å². The van der Waals surface area contributed by atoms with Gasteiger partial charge in [0.1, 0.15) is 6.61 Å². The lowest BCUT2D eigenvalue weighted by Gasteiger charge is -2.25. The Labute approximate surface area is 105 Å². The van der Waals surface area contributed by atoms with Gasteiger partial charge in [0.15, 0.2) is 0 Å². The molecule has 1 N–H and O–H groups in total. The van der Waals surface area contributed by atoms with Gasteiger partial charge in [-0.05, 0) is 17.7 Å². The van der Waals surface area contributed by atoms with Gasteiger partial charge in [0.05, 0.1) is 12.0 Å². The van der Waals surface area contributed by atoms with E-state index in [4.69, 9.17) is 4.74 Å². The Kier molecular flexibility index (Phi) is 4.45. The molecule has 0 spiro atoms. The molecule has 2 unspecified atom stereocenters. The minimum atomic E-state index is -0.542. The molecule has 1 aliphatic rings. The Morgan fingerprint density at radius 3 is 2.88 bits per heavy atom. The lowest BCUT2D eigenvalue weighted by atomic mass is 10.0. The first-order chi connectivity index (χ1) is 8.27. The first kappa shape index (κ1) is 12.5. The Morgan fingerprint density at radius 1 is 1.41 bits per heavy atom. The Hall–Kier alpha value is -1.00. The number of hydrogen-bond donors (Lipinski definition) is 1. The van der Waals surface area contributed by atoms with E-state index < -0.39 is 6.10 Å². The fraction of sp³-hybridized carbons (Fsp3) is 0.462. The van der Waals surface area contributed by atoms with Gasteiger partial charge in [-0.1, -0.05) is 30.3 Å². The predicted octanol–water partition coefficient (Wildman–Crippen LogP) is 1.84. The molecule has 0 aliphatic carbocycles. The Bertz CT molecular complexity index is 366. The fourth-order valence-corrected chi connectivity index (χ4v) is 2.97. The van der Waals surface area contributed by atoms with Crippen molar-refractivity contribution in [1.29, 1.82) is 0 Å². The summed E-state index contributed by atoms with van der Waals surface area (Å²) in [6.45, 7) is 0.285. The molecule has 1 heterocycles. The molecule has 1 aliphatic heterocycles. The van der Waals surface area contributed by atoms with E-state index in [1.807, 2.05) is 30.3 Å². The highest BCUT2D eigenvalue weighted by Gasteiger charge is 2.31. The number of esters is 1. The Morgan fingerprint density at radius 2 is 2.18 bits per heavy atom. The van der Waals surface area contributed by atoms with Gasteiger partial charge in [-0.2, -0.15) is 11.8 Å². The van der Waals surface area contributed by atoms with Crippen molar-refractivity contribution in [2.45, 2.75) is 19.1 Å². The van der Waals surface area contributed by atoms with Crippen molar-refractivity contribution in [3.8, 4) is 0 Å². The molecule has 1 fully saturated rings. The average Bonchev–Trinajstić information content (AvgIpc) is 2.38. The smallest absolute Gasteiger partial charge is 0.312 e. The van der Waals surface area contributed by atoms with Crippen molar-refractivity contribution in [3.05, 3.63) is 35.9 Å². The highest BCUT2D eigenvalue weighted by molar-refractivity contribution is 7.99. The van der Waals surface area contributed by atoms with Gasteiger partial charge >= 0.3 is 5.97 Å². The van der Waals surface area contributed by atoms with E-state index in [0.29, 0.717) is 12.2 Å². The highest BCUT2D eigenvalue weighted by Crippen LogP contribution is 2.24. The van der Waals surface area contributed by atoms with Gasteiger partial charge < -0.3 is 9.84 Å². The van der Waals surface area contributed by atoms with Crippen LogP contribution in [0.3, 0.4) is 0 Å². The maximum Gasteiger partial charge on any atom is 0.312 e. The molecule has 3 nitrogen and oxygen atoms in total. The molecule has 17 heavy (non-hydrogen) atoms. The number of ether oxygens (including phenoxy) is 1. The topological polar surface area (TPSA) is 46.5 Å². The van der Waals surface area contributed by atoms with Crippen molar-refractivity contribution in [3.63, 3.8) is 0 Å². The van der Waals surface area contributed by atoms with E-state index in [9.17, 15) is 9.90 Å². The molecule has 0 saturated carbocycles. The van der Waals surface area contributed by atoms with E-state index in [1.54, 1.807) is 11.8 Å². The average molecular weight is 252 g/mol. The van der Waals surface area contributed by atoms with E-state index in [0.717, 1.165) is 11.3 Å². The van der Waals surface area contributed by atoms with Crippen LogP contribution in [0.15, 0.2) is 30.3 Å². The predicted molar refractivity (Wildman–Crippen MR) is 67.7 cm³/mol. The second-order valence-electron chi connectivity index (χ2n) is 4.13. The molecule has 1 aromatic carbocycles. The molecular formula is C13H16O3S. The number of benzene rings is 1. The molecule has 4 heteroatoms. The third-order valence-corrected chi connectivity index (χ3v) is 3.97. The normalized spacial score (nSPS) is 24.3. The quantitative estimate of drug-likeness (QED) is 0.834. The van der Waals surface area contributed by atoms with Crippen LogP contribution >= 0.6 is 11.8 Å². The third-order valence-electron chi connectivity index (χ3n) is 2.85. The first-order valence-electron chi connectivity index (χ1n) is 5.74. The van der Waals surface area contributed by atoms with Crippen LogP contribution in [0.4, 0.5) is 0 Å². The van der Waals surface area contributed by atoms with Crippen LogP contribution in [0, 0.1) is 5.92 Å². The van der Waals surface area contributed by atoms with Crippen LogP contribution in [0.1, 0.15) is 12.0 Å². The molecule has 1 aromatic rings. The largest absolute Gasteiger partial charge is 0.461 e. The summed E-state index contributed by atoms with van der Waals surface area (Å²) < 4.78 is 5.23. The number of carbonyl (C=O) groups excluding carboxylic acids is 1. The van der Waals surface area contributed by atoms with Gasteiger partial charge in [-0.25, -0.2) is 0 Å². The van der Waals surface area contributed by atoms with Gasteiger partial charge in [-0.3, -0.25) is 4.79 Å². The van der Waals surface area contributed by atoms with Gasteiger partial charge in [0.25, 0.3) is 0 Å². The highest BCUT2D eigenvalue weighted by atomic mass is 32.2. The van der Waals surface area contributed by atoms with Crippen molar-refractivity contribution < 1.29 is 14.6 Å². The molecule has 0 amide bonds. The lowest BCUT2D eigenvalue weighted by Crippen LogP contribution is -2.35. The van der Waals surface area contributed by atoms with E-state index in [2.05, 4.69) is 0 Å². The van der Waals surface area contributed by atoms with Crippen molar-refractivity contribution in [1.82, 2.24) is 0 Å². The summed E-state index contributed by atoms with van der Waals surface area (Å²) in [4.78, 5) is 11.8. The first-order valence-corrected chi connectivity index (χ1v) is 6.89. The molecule has 2 rings (SSSR count). The van der Waals surface area contributed by atoms with Crippen LogP contribution in [-0.4, -0.2) is 28.7 Å². The molecule has 92 valence electrons. The van der Waals surface area contributed by atoms with Crippen LogP contribution in [-0.2, 0) is 16.1 Å². The summed E-state index contributed by atoms with van der Waals surface area (Å²) >= 11 is 1.70. The van der Waals surface area contributed by atoms with Gasteiger partial charge in [-0.15, -0.1) is 0 Å². The summed E-state index contributed by atoms with van der Waals surface area (Å²) in [6, 6.07) is 9.58. The number of thioether (sulfide) groups is 1. The zero-order valence-corrected chi connectivity index (χ0v) is 10.4. The van der Waals surface area contributed by atoms with Crippen LogP contribution in [0.5, 0.6) is 0 Å². The minimum Gasteiger partial charge on any atom is -0.461 e. The van der Waals surface area contributed by atoms with Crippen molar-refractivity contribution >= 4 is 17.7 Å². The summed E-state index contributed by atoms with van der Waals surface area (Å²) in [5.41, 5.74) is 0.971. The van der Waals surface area contributed by atoms with Gasteiger partial charge in [0.2, 0.25) is 0 Å². The third kappa shape index (κ3) is 3.48. The molecule has 0 radical (unpaired) electrons. The van der Waals surface area contributed by atoms with Crippen molar-refractivity contribution in [2.24, 2.45) is 5.92 Å². The minimum absolute atomic E-state index is 0.284. The summed E-state index contributed by atoms with van der Waals surface area (Å²) in [7, 11) is 0. The summed E-state index contributed by atoms with van der Waals surface area (Å²) in [5, 5.41) is 9.72. The Balaban J connectivity index is 1.84. The zero-order valence-electron chi connectivity index (χ0n) is 9.54. The van der Waals surface area contributed by atoms with E-state index in [-0.39, 0.29) is 18.5 Å². The standard InChI is InChI=1S/C13H16O3S/c14-12-6-7-17-9-11(12)13(15)16-8-10-4-2-1-3-5-10/h1-5,11-12,14H,6-9H2. The zero-order chi connectivity index (χ0) is 12.1. The number of hydrogen-bond acceptors (Lipinski definition) is 4. The second kappa shape index (κ2) is 6.07. The molecular weight excluding hydrogens is 236 g/mol. The molecule has 0 bridgehead atoms. The lowest BCUT2D eigenvalue weighted by molar-refractivity contribution is -0.153. The van der Waals surface area contributed by atoms with Crippen molar-refractivity contribution in [2.75, 3.05) is 11.5 Å². The van der Waals surface area contributed by atoms with E-state index >= 15 is 0 Å². The van der Waals surface area contributed by atoms with Gasteiger partial charge in [0, 0.05) is 5.75 Å². The number of rotatable bonds is 3. The SMILES string of the molecule is O=C(OCc1ccccc1)C1CSCCC1O. The van der Waals surface area contributed by atoms with Crippen LogP contribution in [0.25, 0.3) is 0 Å². The second-order valence-corrected chi connectivity index (χ2v) is 5.28. The van der Waals surface area contributed by atoms with Crippen LogP contribution in [0.2, 0.25) is 0 Å². The summed E-state index contributed by atoms with van der Waals surface area (Å²) in [6.07, 6.45) is 0.134. The maximum absolute atomic E-state index is 11.8. The molecule has 0 aromatic heterocycles. The molecule has 1 saturated heterocycles. The summed E-state index contributed by atoms with van der Waals surface area (Å²) in [5.74, 6) is 0.935. The number of carbonyl (C=O) groups is 1. The van der Waals surface area contributed by atoms with Crippen LogP contribution < -0.4 is 0 Å². The number of aliphatic hydroxyl groups is 1. The fourth-order valence-electron chi connectivity index (χ4n) is 1.79.